The number of aromatic nitrogens is 1. The van der Waals surface area contributed by atoms with Crippen molar-refractivity contribution < 1.29 is 9.59 Å². The van der Waals surface area contributed by atoms with Crippen LogP contribution in [-0.2, 0) is 4.79 Å². The predicted molar refractivity (Wildman–Crippen MR) is 96.9 cm³/mol. The van der Waals surface area contributed by atoms with E-state index in [0.29, 0.717) is 10.8 Å². The van der Waals surface area contributed by atoms with Gasteiger partial charge in [-0.2, -0.15) is 0 Å². The van der Waals surface area contributed by atoms with Crippen molar-refractivity contribution in [2.45, 2.75) is 24.8 Å². The summed E-state index contributed by atoms with van der Waals surface area (Å²) in [7, 11) is 0. The Morgan fingerprint density at radius 2 is 2.00 bits per heavy atom. The smallest absolute Gasteiger partial charge is 0.264 e. The van der Waals surface area contributed by atoms with Gasteiger partial charge in [0.05, 0.1) is 15.9 Å². The largest absolute Gasteiger partial charge is 0.337 e. The number of pyridine rings is 1. The Morgan fingerprint density at radius 3 is 2.72 bits per heavy atom. The first-order valence-corrected chi connectivity index (χ1v) is 9.35. The van der Waals surface area contributed by atoms with E-state index in [2.05, 4.69) is 15.6 Å². The van der Waals surface area contributed by atoms with Crippen LogP contribution in [0.5, 0.6) is 0 Å². The molecule has 0 saturated carbocycles. The van der Waals surface area contributed by atoms with E-state index in [0.717, 1.165) is 37.5 Å². The molecule has 0 radical (unpaired) electrons. The SMILES string of the molecule is O=C(Nc1ccc(C(=O)N2CC(c3ccncc3)C2)s1)[C@@H]1CCCN1. The van der Waals surface area contributed by atoms with E-state index in [9.17, 15) is 9.59 Å². The van der Waals surface area contributed by atoms with E-state index < -0.39 is 0 Å². The molecule has 2 aliphatic rings. The molecule has 0 aromatic carbocycles. The van der Waals surface area contributed by atoms with E-state index in [-0.39, 0.29) is 17.9 Å². The molecule has 1 atom stereocenters. The van der Waals surface area contributed by atoms with Gasteiger partial charge in [-0.25, -0.2) is 0 Å². The Bertz CT molecular complexity index is 764. The molecule has 2 aromatic heterocycles. The summed E-state index contributed by atoms with van der Waals surface area (Å²) in [6.07, 6.45) is 5.47. The van der Waals surface area contributed by atoms with E-state index in [1.54, 1.807) is 18.5 Å². The summed E-state index contributed by atoms with van der Waals surface area (Å²) >= 11 is 1.34. The van der Waals surface area contributed by atoms with Gasteiger partial charge >= 0.3 is 0 Å². The van der Waals surface area contributed by atoms with Gasteiger partial charge in [-0.3, -0.25) is 14.6 Å². The third-order valence-corrected chi connectivity index (χ3v) is 5.77. The van der Waals surface area contributed by atoms with Crippen LogP contribution in [0, 0.1) is 0 Å². The monoisotopic (exact) mass is 356 g/mol. The van der Waals surface area contributed by atoms with Crippen LogP contribution in [-0.4, -0.2) is 47.4 Å². The summed E-state index contributed by atoms with van der Waals surface area (Å²) in [5.74, 6) is 0.411. The molecule has 2 aliphatic heterocycles. The van der Waals surface area contributed by atoms with Crippen LogP contribution in [0.2, 0.25) is 0 Å². The average Bonchev–Trinajstić information content (AvgIpc) is 3.26. The van der Waals surface area contributed by atoms with Crippen LogP contribution >= 0.6 is 11.3 Å². The van der Waals surface area contributed by atoms with Gasteiger partial charge in [-0.05, 0) is 49.2 Å². The van der Waals surface area contributed by atoms with Crippen LogP contribution in [0.25, 0.3) is 0 Å². The first-order chi connectivity index (χ1) is 12.2. The van der Waals surface area contributed by atoms with Crippen LogP contribution in [0.1, 0.15) is 34.0 Å². The lowest BCUT2D eigenvalue weighted by Gasteiger charge is -2.39. The van der Waals surface area contributed by atoms with Crippen molar-refractivity contribution in [2.24, 2.45) is 0 Å². The van der Waals surface area contributed by atoms with Gasteiger partial charge in [0.2, 0.25) is 5.91 Å². The van der Waals surface area contributed by atoms with Crippen molar-refractivity contribution in [3.05, 3.63) is 47.1 Å². The van der Waals surface area contributed by atoms with Gasteiger partial charge in [0.25, 0.3) is 5.91 Å². The Kier molecular flexibility index (Phi) is 4.50. The van der Waals surface area contributed by atoms with Crippen molar-refractivity contribution in [3.8, 4) is 0 Å². The van der Waals surface area contributed by atoms with Gasteiger partial charge in [0.15, 0.2) is 0 Å². The molecule has 2 aromatic rings. The Labute approximate surface area is 150 Å². The minimum absolute atomic E-state index is 0.0138. The summed E-state index contributed by atoms with van der Waals surface area (Å²) in [5, 5.41) is 6.81. The van der Waals surface area contributed by atoms with Crippen molar-refractivity contribution in [3.63, 3.8) is 0 Å². The van der Waals surface area contributed by atoms with Crippen LogP contribution in [0.4, 0.5) is 5.00 Å². The van der Waals surface area contributed by atoms with E-state index in [1.165, 1.54) is 16.9 Å². The number of nitrogens with one attached hydrogen (secondary N) is 2. The summed E-state index contributed by atoms with van der Waals surface area (Å²) in [5.41, 5.74) is 1.22. The molecule has 0 spiro atoms. The highest BCUT2D eigenvalue weighted by Gasteiger charge is 2.33. The van der Waals surface area contributed by atoms with Gasteiger partial charge < -0.3 is 15.5 Å². The Hall–Kier alpha value is -2.25. The van der Waals surface area contributed by atoms with Crippen LogP contribution in [0.3, 0.4) is 0 Å². The lowest BCUT2D eigenvalue weighted by Crippen LogP contribution is -2.48. The quantitative estimate of drug-likeness (QED) is 0.880. The summed E-state index contributed by atoms with van der Waals surface area (Å²) < 4.78 is 0. The Morgan fingerprint density at radius 1 is 1.20 bits per heavy atom. The fraction of sp³-hybridized carbons (Fsp3) is 0.389. The van der Waals surface area contributed by atoms with Crippen molar-refractivity contribution in [1.82, 2.24) is 15.2 Å². The second kappa shape index (κ2) is 6.93. The molecule has 7 heteroatoms. The van der Waals surface area contributed by atoms with Crippen molar-refractivity contribution >= 4 is 28.2 Å². The molecule has 2 amide bonds. The van der Waals surface area contributed by atoms with E-state index in [1.807, 2.05) is 23.1 Å². The molecule has 2 N–H and O–H groups in total. The molecule has 2 fully saturated rings. The number of amides is 2. The molecule has 2 saturated heterocycles. The number of hydrogen-bond acceptors (Lipinski definition) is 5. The molecule has 0 unspecified atom stereocenters. The number of rotatable bonds is 4. The third-order valence-electron chi connectivity index (χ3n) is 4.79. The summed E-state index contributed by atoms with van der Waals surface area (Å²) in [6, 6.07) is 7.50. The number of hydrogen-bond donors (Lipinski definition) is 2. The van der Waals surface area contributed by atoms with Crippen LogP contribution in [0.15, 0.2) is 36.7 Å². The molecule has 4 heterocycles. The molecule has 130 valence electrons. The molecule has 4 rings (SSSR count). The van der Waals surface area contributed by atoms with Gasteiger partial charge in [0.1, 0.15) is 0 Å². The molecule has 6 nitrogen and oxygen atoms in total. The lowest BCUT2D eigenvalue weighted by atomic mass is 9.92. The number of carbonyl (C=O) groups excluding carboxylic acids is 2. The number of nitrogens with zero attached hydrogens (tertiary/aromatic N) is 2. The highest BCUT2D eigenvalue weighted by molar-refractivity contribution is 7.18. The van der Waals surface area contributed by atoms with Crippen LogP contribution < -0.4 is 10.6 Å². The standard InChI is InChI=1S/C18H20N4O2S/c23-17(14-2-1-7-20-14)21-16-4-3-15(25-16)18(24)22-10-13(11-22)12-5-8-19-9-6-12/h3-6,8-9,13-14,20H,1-2,7,10-11H2,(H,21,23)/t14-/m0/s1. The maximum absolute atomic E-state index is 12.6. The second-order valence-corrected chi connectivity index (χ2v) is 7.57. The van der Waals surface area contributed by atoms with E-state index in [4.69, 9.17) is 0 Å². The fourth-order valence-corrected chi connectivity index (χ4v) is 4.16. The maximum Gasteiger partial charge on any atom is 0.264 e. The molecular formula is C18H20N4O2S. The Balaban J connectivity index is 1.33. The highest BCUT2D eigenvalue weighted by Crippen LogP contribution is 2.30. The average molecular weight is 356 g/mol. The molecule has 0 aliphatic carbocycles. The molecule has 0 bridgehead atoms. The minimum atomic E-state index is -0.113. The zero-order chi connectivity index (χ0) is 17.2. The highest BCUT2D eigenvalue weighted by atomic mass is 32.1. The normalized spacial score (nSPS) is 20.3. The topological polar surface area (TPSA) is 74.3 Å². The minimum Gasteiger partial charge on any atom is -0.337 e. The van der Waals surface area contributed by atoms with Crippen molar-refractivity contribution in [2.75, 3.05) is 25.0 Å². The maximum atomic E-state index is 12.6. The first-order valence-electron chi connectivity index (χ1n) is 8.54. The zero-order valence-corrected chi connectivity index (χ0v) is 14.6. The molecular weight excluding hydrogens is 336 g/mol. The summed E-state index contributed by atoms with van der Waals surface area (Å²) in [4.78, 5) is 31.2. The fourth-order valence-electron chi connectivity index (χ4n) is 3.28. The summed E-state index contributed by atoms with van der Waals surface area (Å²) in [6.45, 7) is 2.35. The van der Waals surface area contributed by atoms with E-state index >= 15 is 0 Å². The zero-order valence-electron chi connectivity index (χ0n) is 13.8. The predicted octanol–water partition coefficient (Wildman–Crippen LogP) is 2.07. The van der Waals surface area contributed by atoms with Gasteiger partial charge in [-0.15, -0.1) is 11.3 Å². The van der Waals surface area contributed by atoms with Crippen molar-refractivity contribution in [1.29, 1.82) is 0 Å². The second-order valence-electron chi connectivity index (χ2n) is 6.49. The lowest BCUT2D eigenvalue weighted by molar-refractivity contribution is -0.117. The number of anilines is 1. The third kappa shape index (κ3) is 3.43. The number of thiophene rings is 1. The first kappa shape index (κ1) is 16.2. The number of carbonyl (C=O) groups is 2. The van der Waals surface area contributed by atoms with Gasteiger partial charge in [-0.1, -0.05) is 0 Å². The number of likely N-dealkylation sites (tertiary alicyclic amines) is 1. The van der Waals surface area contributed by atoms with Gasteiger partial charge in [0, 0.05) is 31.4 Å². The molecule has 25 heavy (non-hydrogen) atoms.